The van der Waals surface area contributed by atoms with Gasteiger partial charge in [-0.3, -0.25) is 0 Å². The average molecular weight is 720 g/mol. The summed E-state index contributed by atoms with van der Waals surface area (Å²) < 4.78 is 2.56. The quantitative estimate of drug-likeness (QED) is 0.165. The van der Waals surface area contributed by atoms with Crippen molar-refractivity contribution in [2.75, 3.05) is 0 Å². The first-order chi connectivity index (χ1) is 27.2. The summed E-state index contributed by atoms with van der Waals surface area (Å²) in [7, 11) is 0. The van der Waals surface area contributed by atoms with Crippen molar-refractivity contribution in [1.29, 1.82) is 0 Å². The maximum atomic E-state index is 5.19. The Kier molecular flexibility index (Phi) is 8.36. The lowest BCUT2D eigenvalue weighted by atomic mass is 9.94. The van der Waals surface area contributed by atoms with Crippen molar-refractivity contribution in [3.05, 3.63) is 200 Å². The highest BCUT2D eigenvalue weighted by atomic mass is 32.1. The molecule has 258 valence electrons. The standard InChI is InChI=1S/C51H33N3S/c1-5-15-34(16-6-1)36-27-29-39(30-28-36)50-52-49(38-21-11-4-12-22-38)53-51(54-50)42-32-40(35-17-7-2-8-18-35)31-41(33-42)44-24-14-26-46-45-25-13-23-43(47(45)55-48(44)46)37-19-9-3-10-20-37/h1-33H. The highest BCUT2D eigenvalue weighted by Gasteiger charge is 2.18. The molecular weight excluding hydrogens is 687 g/mol. The van der Waals surface area contributed by atoms with Crippen molar-refractivity contribution >= 4 is 31.5 Å². The Bertz CT molecular complexity index is 2940. The molecule has 0 aliphatic carbocycles. The summed E-state index contributed by atoms with van der Waals surface area (Å²) in [6, 6.07) is 70.4. The first-order valence-electron chi connectivity index (χ1n) is 18.4. The minimum atomic E-state index is 0.630. The van der Waals surface area contributed by atoms with Crippen molar-refractivity contribution in [1.82, 2.24) is 15.0 Å². The van der Waals surface area contributed by atoms with Crippen LogP contribution in [0.25, 0.3) is 98.8 Å². The molecule has 0 saturated heterocycles. The lowest BCUT2D eigenvalue weighted by molar-refractivity contribution is 1.07. The molecule has 0 N–H and O–H groups in total. The van der Waals surface area contributed by atoms with Crippen molar-refractivity contribution in [2.24, 2.45) is 0 Å². The van der Waals surface area contributed by atoms with Crippen molar-refractivity contribution in [2.45, 2.75) is 0 Å². The van der Waals surface area contributed by atoms with Crippen LogP contribution in [0.4, 0.5) is 0 Å². The van der Waals surface area contributed by atoms with Gasteiger partial charge in [0.25, 0.3) is 0 Å². The molecule has 2 heterocycles. The third kappa shape index (κ3) is 6.29. The van der Waals surface area contributed by atoms with Crippen LogP contribution in [0.2, 0.25) is 0 Å². The Hall–Kier alpha value is -7.01. The molecule has 0 saturated carbocycles. The van der Waals surface area contributed by atoms with Gasteiger partial charge in [0, 0.05) is 36.9 Å². The van der Waals surface area contributed by atoms with Crippen LogP contribution in [-0.2, 0) is 0 Å². The van der Waals surface area contributed by atoms with Gasteiger partial charge in [-0.2, -0.15) is 0 Å². The van der Waals surface area contributed by atoms with E-state index in [2.05, 4.69) is 176 Å². The van der Waals surface area contributed by atoms with Gasteiger partial charge in [0.1, 0.15) is 0 Å². The predicted octanol–water partition coefficient (Wildman–Crippen LogP) is 13.9. The Balaban J connectivity index is 1.17. The minimum Gasteiger partial charge on any atom is -0.208 e. The van der Waals surface area contributed by atoms with Gasteiger partial charge in [0.2, 0.25) is 0 Å². The van der Waals surface area contributed by atoms with Gasteiger partial charge in [-0.05, 0) is 62.7 Å². The zero-order valence-corrected chi connectivity index (χ0v) is 30.6. The molecule has 3 nitrogen and oxygen atoms in total. The summed E-state index contributed by atoms with van der Waals surface area (Å²) in [5, 5.41) is 2.53. The van der Waals surface area contributed by atoms with Gasteiger partial charge in [0.05, 0.1) is 0 Å². The first kappa shape index (κ1) is 32.6. The minimum absolute atomic E-state index is 0.630. The highest BCUT2D eigenvalue weighted by Crippen LogP contribution is 2.45. The van der Waals surface area contributed by atoms with E-state index in [9.17, 15) is 0 Å². The van der Waals surface area contributed by atoms with E-state index >= 15 is 0 Å². The number of benzene rings is 8. The molecule has 0 spiro atoms. The molecule has 55 heavy (non-hydrogen) atoms. The lowest BCUT2D eigenvalue weighted by Crippen LogP contribution is -2.00. The number of hydrogen-bond donors (Lipinski definition) is 0. The smallest absolute Gasteiger partial charge is 0.164 e. The number of nitrogens with zero attached hydrogens (tertiary/aromatic N) is 3. The number of fused-ring (bicyclic) bond motifs is 3. The van der Waals surface area contributed by atoms with Crippen LogP contribution < -0.4 is 0 Å². The molecule has 0 fully saturated rings. The molecule has 0 unspecified atom stereocenters. The Morgan fingerprint density at radius 1 is 0.255 bits per heavy atom. The molecule has 10 rings (SSSR count). The molecule has 0 bridgehead atoms. The summed E-state index contributed by atoms with van der Waals surface area (Å²) in [6.45, 7) is 0. The SMILES string of the molecule is c1ccc(-c2ccc(-c3nc(-c4ccccc4)nc(-c4cc(-c5ccccc5)cc(-c5cccc6c5sc5c(-c7ccccc7)cccc56)c4)n3)cc2)cc1. The van der Waals surface area contributed by atoms with E-state index in [1.165, 1.54) is 42.4 Å². The number of rotatable bonds is 7. The summed E-state index contributed by atoms with van der Waals surface area (Å²) in [6.07, 6.45) is 0. The van der Waals surface area contributed by atoms with Crippen molar-refractivity contribution < 1.29 is 0 Å². The van der Waals surface area contributed by atoms with Crippen LogP contribution in [0.15, 0.2) is 200 Å². The van der Waals surface area contributed by atoms with Crippen LogP contribution in [0.3, 0.4) is 0 Å². The van der Waals surface area contributed by atoms with E-state index in [4.69, 9.17) is 15.0 Å². The zero-order chi connectivity index (χ0) is 36.6. The van der Waals surface area contributed by atoms with E-state index in [1.54, 1.807) is 0 Å². The van der Waals surface area contributed by atoms with Crippen LogP contribution in [0.1, 0.15) is 0 Å². The Labute approximate surface area is 323 Å². The van der Waals surface area contributed by atoms with Gasteiger partial charge in [-0.15, -0.1) is 11.3 Å². The fourth-order valence-corrected chi connectivity index (χ4v) is 8.77. The lowest BCUT2D eigenvalue weighted by Gasteiger charge is -2.13. The molecule has 0 aliphatic heterocycles. The molecule has 2 aromatic heterocycles. The molecule has 0 aliphatic rings. The van der Waals surface area contributed by atoms with Crippen LogP contribution >= 0.6 is 11.3 Å². The normalized spacial score (nSPS) is 11.3. The zero-order valence-electron chi connectivity index (χ0n) is 29.8. The molecule has 0 amide bonds. The third-order valence-corrected chi connectivity index (χ3v) is 11.4. The monoisotopic (exact) mass is 719 g/mol. The molecule has 0 radical (unpaired) electrons. The van der Waals surface area contributed by atoms with Gasteiger partial charge in [-0.1, -0.05) is 182 Å². The summed E-state index contributed by atoms with van der Waals surface area (Å²) >= 11 is 1.87. The molecule has 10 aromatic rings. The second kappa shape index (κ2) is 14.1. The van der Waals surface area contributed by atoms with E-state index in [0.29, 0.717) is 17.5 Å². The highest BCUT2D eigenvalue weighted by molar-refractivity contribution is 7.26. The molecule has 0 atom stereocenters. The largest absolute Gasteiger partial charge is 0.208 e. The maximum Gasteiger partial charge on any atom is 0.164 e. The van der Waals surface area contributed by atoms with Crippen LogP contribution in [0, 0.1) is 0 Å². The fourth-order valence-electron chi connectivity index (χ4n) is 7.39. The van der Waals surface area contributed by atoms with E-state index in [1.807, 2.05) is 35.6 Å². The van der Waals surface area contributed by atoms with Crippen molar-refractivity contribution in [3.63, 3.8) is 0 Å². The number of thiophene rings is 1. The number of hydrogen-bond acceptors (Lipinski definition) is 4. The van der Waals surface area contributed by atoms with Gasteiger partial charge >= 0.3 is 0 Å². The van der Waals surface area contributed by atoms with E-state index in [0.717, 1.165) is 38.9 Å². The topological polar surface area (TPSA) is 38.7 Å². The van der Waals surface area contributed by atoms with E-state index < -0.39 is 0 Å². The summed E-state index contributed by atoms with van der Waals surface area (Å²) in [5.74, 6) is 1.90. The van der Waals surface area contributed by atoms with Gasteiger partial charge < -0.3 is 0 Å². The molecular formula is C51H33N3S. The second-order valence-electron chi connectivity index (χ2n) is 13.6. The Morgan fingerprint density at radius 2 is 0.618 bits per heavy atom. The first-order valence-corrected chi connectivity index (χ1v) is 19.3. The van der Waals surface area contributed by atoms with Crippen LogP contribution in [0.5, 0.6) is 0 Å². The maximum absolute atomic E-state index is 5.19. The second-order valence-corrected chi connectivity index (χ2v) is 14.6. The summed E-state index contributed by atoms with van der Waals surface area (Å²) in [4.78, 5) is 15.4. The summed E-state index contributed by atoms with van der Waals surface area (Å²) in [5.41, 5.74) is 12.1. The number of aromatic nitrogens is 3. The van der Waals surface area contributed by atoms with E-state index in [-0.39, 0.29) is 0 Å². The van der Waals surface area contributed by atoms with Crippen LogP contribution in [-0.4, -0.2) is 15.0 Å². The van der Waals surface area contributed by atoms with Gasteiger partial charge in [-0.25, -0.2) is 15.0 Å². The fraction of sp³-hybridized carbons (Fsp3) is 0. The van der Waals surface area contributed by atoms with Gasteiger partial charge in [0.15, 0.2) is 17.5 Å². The molecule has 8 aromatic carbocycles. The average Bonchev–Trinajstić information content (AvgIpc) is 3.67. The third-order valence-electron chi connectivity index (χ3n) is 10.1. The predicted molar refractivity (Wildman–Crippen MR) is 231 cm³/mol. The van der Waals surface area contributed by atoms with Crippen molar-refractivity contribution in [3.8, 4) is 78.7 Å². The Morgan fingerprint density at radius 3 is 1.16 bits per heavy atom. The molecule has 4 heteroatoms.